The van der Waals surface area contributed by atoms with E-state index in [1.807, 2.05) is 6.92 Å². The Balaban J connectivity index is 2.13. The van der Waals surface area contributed by atoms with Crippen molar-refractivity contribution in [3.8, 4) is 0 Å². The van der Waals surface area contributed by atoms with Crippen molar-refractivity contribution in [2.75, 3.05) is 26.7 Å². The van der Waals surface area contributed by atoms with E-state index in [4.69, 9.17) is 4.74 Å². The van der Waals surface area contributed by atoms with Gasteiger partial charge >= 0.3 is 5.97 Å². The van der Waals surface area contributed by atoms with Crippen LogP contribution in [-0.4, -0.2) is 43.2 Å². The van der Waals surface area contributed by atoms with Gasteiger partial charge in [-0.15, -0.1) is 0 Å². The lowest BCUT2D eigenvalue weighted by atomic mass is 9.74. The first kappa shape index (κ1) is 13.6. The van der Waals surface area contributed by atoms with Crippen LogP contribution in [0.4, 0.5) is 0 Å². The summed E-state index contributed by atoms with van der Waals surface area (Å²) in [5, 5.41) is 0. The molecule has 1 saturated heterocycles. The lowest BCUT2D eigenvalue weighted by Gasteiger charge is -2.50. The molecule has 0 aromatic heterocycles. The fraction of sp³-hybridized carbons (Fsp3) is 0.800. The Labute approximate surface area is 110 Å². The maximum absolute atomic E-state index is 11.8. The third kappa shape index (κ3) is 2.61. The van der Waals surface area contributed by atoms with E-state index in [1.165, 1.54) is 31.3 Å². The van der Waals surface area contributed by atoms with Crippen molar-refractivity contribution in [2.45, 2.75) is 45.1 Å². The molecule has 3 heteroatoms. The Morgan fingerprint density at radius 1 is 1.44 bits per heavy atom. The molecule has 1 saturated carbocycles. The molecule has 1 aliphatic heterocycles. The SMILES string of the molecule is C=C1CCCC2CCC[N+](C)(CC(=O)OCC)C12. The molecule has 2 aliphatic rings. The standard InChI is InChI=1S/C15H26NO2/c1-4-18-14(17)11-16(3)10-6-9-13-8-5-7-12(2)15(13)16/h13,15H,2,4-11H2,1,3H3/q+1. The number of quaternary nitrogens is 1. The van der Waals surface area contributed by atoms with Crippen molar-refractivity contribution in [1.82, 2.24) is 0 Å². The Morgan fingerprint density at radius 3 is 2.89 bits per heavy atom. The summed E-state index contributed by atoms with van der Waals surface area (Å²) < 4.78 is 5.96. The van der Waals surface area contributed by atoms with Crippen molar-refractivity contribution < 1.29 is 14.0 Å². The first-order valence-corrected chi connectivity index (χ1v) is 7.24. The van der Waals surface area contributed by atoms with E-state index < -0.39 is 0 Å². The maximum atomic E-state index is 11.8. The van der Waals surface area contributed by atoms with Crippen molar-refractivity contribution in [3.63, 3.8) is 0 Å². The molecule has 3 atom stereocenters. The molecule has 0 amide bonds. The number of nitrogens with zero attached hydrogens (tertiary/aromatic N) is 1. The molecule has 0 radical (unpaired) electrons. The second-order valence-electron chi connectivity index (χ2n) is 6.06. The third-order valence-corrected chi connectivity index (χ3v) is 4.65. The molecule has 1 heterocycles. The van der Waals surface area contributed by atoms with Gasteiger partial charge in [0.2, 0.25) is 0 Å². The van der Waals surface area contributed by atoms with Crippen LogP contribution in [0.5, 0.6) is 0 Å². The third-order valence-electron chi connectivity index (χ3n) is 4.65. The summed E-state index contributed by atoms with van der Waals surface area (Å²) in [4.78, 5) is 11.8. The maximum Gasteiger partial charge on any atom is 0.361 e. The predicted octanol–water partition coefficient (Wildman–Crippen LogP) is 2.51. The molecule has 0 spiro atoms. The van der Waals surface area contributed by atoms with Crippen molar-refractivity contribution >= 4 is 5.97 Å². The van der Waals surface area contributed by atoms with Gasteiger partial charge in [0.1, 0.15) is 6.04 Å². The Kier molecular flexibility index (Phi) is 4.10. The number of carbonyl (C=O) groups is 1. The van der Waals surface area contributed by atoms with Crippen molar-refractivity contribution in [3.05, 3.63) is 12.2 Å². The molecule has 3 nitrogen and oxygen atoms in total. The summed E-state index contributed by atoms with van der Waals surface area (Å²) in [7, 11) is 2.21. The lowest BCUT2D eigenvalue weighted by molar-refractivity contribution is -0.931. The fourth-order valence-electron chi connectivity index (χ4n) is 4.02. The highest BCUT2D eigenvalue weighted by atomic mass is 16.5. The summed E-state index contributed by atoms with van der Waals surface area (Å²) in [5.41, 5.74) is 1.36. The van der Waals surface area contributed by atoms with Gasteiger partial charge < -0.3 is 9.22 Å². The van der Waals surface area contributed by atoms with Crippen LogP contribution >= 0.6 is 0 Å². The molecule has 18 heavy (non-hydrogen) atoms. The highest BCUT2D eigenvalue weighted by Crippen LogP contribution is 2.40. The average molecular weight is 252 g/mol. The van der Waals surface area contributed by atoms with Gasteiger partial charge in [-0.2, -0.15) is 0 Å². The molecule has 1 aliphatic carbocycles. The quantitative estimate of drug-likeness (QED) is 0.438. The highest BCUT2D eigenvalue weighted by molar-refractivity contribution is 5.70. The molecule has 102 valence electrons. The molecule has 2 rings (SSSR count). The summed E-state index contributed by atoms with van der Waals surface area (Å²) in [6.07, 6.45) is 6.25. The molecule has 0 aromatic carbocycles. The molecule has 0 N–H and O–H groups in total. The summed E-state index contributed by atoms with van der Waals surface area (Å²) >= 11 is 0. The lowest BCUT2D eigenvalue weighted by Crippen LogP contribution is -2.62. The van der Waals surface area contributed by atoms with Gasteiger partial charge in [0, 0.05) is 5.92 Å². The smallest absolute Gasteiger partial charge is 0.361 e. The van der Waals surface area contributed by atoms with E-state index in [0.717, 1.165) is 23.4 Å². The minimum atomic E-state index is -0.0565. The van der Waals surface area contributed by atoms with Crippen LogP contribution in [0.3, 0.4) is 0 Å². The monoisotopic (exact) mass is 252 g/mol. The van der Waals surface area contributed by atoms with E-state index >= 15 is 0 Å². The number of hydrogen-bond donors (Lipinski definition) is 0. The Hall–Kier alpha value is -0.830. The number of fused-ring (bicyclic) bond motifs is 1. The first-order valence-electron chi connectivity index (χ1n) is 7.24. The summed E-state index contributed by atoms with van der Waals surface area (Å²) in [6, 6.07) is 0.483. The largest absolute Gasteiger partial charge is 0.462 e. The second kappa shape index (κ2) is 5.43. The van der Waals surface area contributed by atoms with Gasteiger partial charge in [0.15, 0.2) is 6.54 Å². The minimum absolute atomic E-state index is 0.0565. The van der Waals surface area contributed by atoms with Gasteiger partial charge in [-0.05, 0) is 44.6 Å². The molecular formula is C15H26NO2+. The zero-order valence-electron chi connectivity index (χ0n) is 11.8. The zero-order valence-corrected chi connectivity index (χ0v) is 11.8. The number of esters is 1. The zero-order chi connectivity index (χ0) is 13.2. The van der Waals surface area contributed by atoms with Crippen molar-refractivity contribution in [1.29, 1.82) is 0 Å². The molecule has 3 unspecified atom stereocenters. The number of carbonyl (C=O) groups excluding carboxylic acids is 1. The fourth-order valence-corrected chi connectivity index (χ4v) is 4.02. The van der Waals surface area contributed by atoms with Crippen LogP contribution in [0.2, 0.25) is 0 Å². The van der Waals surface area contributed by atoms with Crippen LogP contribution < -0.4 is 0 Å². The van der Waals surface area contributed by atoms with Crippen LogP contribution in [0.1, 0.15) is 39.0 Å². The van der Waals surface area contributed by atoms with Crippen LogP contribution in [-0.2, 0) is 9.53 Å². The number of rotatable bonds is 3. The van der Waals surface area contributed by atoms with Crippen LogP contribution in [0, 0.1) is 5.92 Å². The van der Waals surface area contributed by atoms with E-state index in [1.54, 1.807) is 0 Å². The second-order valence-corrected chi connectivity index (χ2v) is 6.06. The number of hydrogen-bond acceptors (Lipinski definition) is 2. The highest BCUT2D eigenvalue weighted by Gasteiger charge is 2.46. The van der Waals surface area contributed by atoms with Gasteiger partial charge in [-0.25, -0.2) is 4.79 Å². The van der Waals surface area contributed by atoms with Gasteiger partial charge in [0.05, 0.1) is 20.2 Å². The summed E-state index contributed by atoms with van der Waals surface area (Å²) in [6.45, 7) is 8.22. The van der Waals surface area contributed by atoms with Crippen LogP contribution in [0.15, 0.2) is 12.2 Å². The van der Waals surface area contributed by atoms with E-state index in [9.17, 15) is 4.79 Å². The number of piperidine rings is 1. The molecule has 0 bridgehead atoms. The van der Waals surface area contributed by atoms with Gasteiger partial charge in [-0.1, -0.05) is 6.58 Å². The number of likely N-dealkylation sites (N-methyl/N-ethyl adjacent to an activating group) is 1. The summed E-state index contributed by atoms with van der Waals surface area (Å²) in [5.74, 6) is 0.679. The topological polar surface area (TPSA) is 26.3 Å². The van der Waals surface area contributed by atoms with E-state index in [-0.39, 0.29) is 5.97 Å². The normalized spacial score (nSPS) is 36.0. The number of ether oxygens (including phenoxy) is 1. The molecule has 2 fully saturated rings. The predicted molar refractivity (Wildman–Crippen MR) is 72.1 cm³/mol. The first-order chi connectivity index (χ1) is 8.57. The minimum Gasteiger partial charge on any atom is -0.462 e. The Morgan fingerprint density at radius 2 is 2.17 bits per heavy atom. The Bertz CT molecular complexity index is 337. The van der Waals surface area contributed by atoms with E-state index in [0.29, 0.717) is 19.2 Å². The molecule has 0 aromatic rings. The van der Waals surface area contributed by atoms with Gasteiger partial charge in [0.25, 0.3) is 0 Å². The van der Waals surface area contributed by atoms with Crippen molar-refractivity contribution in [2.24, 2.45) is 5.92 Å². The molecular weight excluding hydrogens is 226 g/mol. The average Bonchev–Trinajstić information content (AvgIpc) is 2.28. The van der Waals surface area contributed by atoms with E-state index in [2.05, 4.69) is 13.6 Å². The van der Waals surface area contributed by atoms with Crippen LogP contribution in [0.25, 0.3) is 0 Å². The van der Waals surface area contributed by atoms with Gasteiger partial charge in [-0.3, -0.25) is 0 Å². The number of likely N-dealkylation sites (tertiary alicyclic amines) is 1.